The second kappa shape index (κ2) is 7.22. The van der Waals surface area contributed by atoms with Crippen LogP contribution in [-0.4, -0.2) is 71.7 Å². The molecule has 112 valence electrons. The predicted molar refractivity (Wildman–Crippen MR) is 77.1 cm³/mol. The third-order valence-electron chi connectivity index (χ3n) is 3.46. The summed E-state index contributed by atoms with van der Waals surface area (Å²) >= 11 is 0. The first-order valence-corrected chi connectivity index (χ1v) is 7.26. The first kappa shape index (κ1) is 16.4. The molecule has 1 fully saturated rings. The Morgan fingerprint density at radius 2 is 1.79 bits per heavy atom. The molecule has 1 atom stereocenters. The third kappa shape index (κ3) is 6.89. The van der Waals surface area contributed by atoms with Gasteiger partial charge in [0.2, 0.25) is 5.91 Å². The number of hydrogen-bond acceptors (Lipinski definition) is 4. The maximum Gasteiger partial charge on any atom is 0.234 e. The average molecular weight is 271 g/mol. The number of nitrogens with zero attached hydrogens (tertiary/aromatic N) is 2. The Kier molecular flexibility index (Phi) is 6.23. The summed E-state index contributed by atoms with van der Waals surface area (Å²) in [5.74, 6) is 0.116. The molecule has 2 N–H and O–H groups in total. The van der Waals surface area contributed by atoms with Crippen molar-refractivity contribution in [3.63, 3.8) is 0 Å². The maximum atomic E-state index is 11.8. The summed E-state index contributed by atoms with van der Waals surface area (Å²) in [5, 5.41) is 12.8. The Morgan fingerprint density at radius 3 is 2.26 bits per heavy atom. The Labute approximate surface area is 117 Å². The van der Waals surface area contributed by atoms with Crippen LogP contribution in [0, 0.1) is 0 Å². The monoisotopic (exact) mass is 271 g/mol. The van der Waals surface area contributed by atoms with Gasteiger partial charge in [-0.2, -0.15) is 0 Å². The lowest BCUT2D eigenvalue weighted by Gasteiger charge is -2.37. The van der Waals surface area contributed by atoms with Crippen LogP contribution in [0.4, 0.5) is 0 Å². The van der Waals surface area contributed by atoms with E-state index in [1.54, 1.807) is 0 Å². The fraction of sp³-hybridized carbons (Fsp3) is 0.929. The molecule has 5 heteroatoms. The number of amides is 1. The first-order chi connectivity index (χ1) is 8.80. The number of rotatable bonds is 6. The predicted octanol–water partition coefficient (Wildman–Crippen LogP) is 0.290. The third-order valence-corrected chi connectivity index (χ3v) is 3.46. The van der Waals surface area contributed by atoms with Gasteiger partial charge in [-0.3, -0.25) is 14.6 Å². The molecule has 1 aliphatic rings. The highest BCUT2D eigenvalue weighted by Gasteiger charge is 2.23. The van der Waals surface area contributed by atoms with Gasteiger partial charge in [-0.25, -0.2) is 0 Å². The summed E-state index contributed by atoms with van der Waals surface area (Å²) < 4.78 is 0. The number of aliphatic hydroxyl groups is 1. The summed E-state index contributed by atoms with van der Waals surface area (Å²) in [7, 11) is 0. The van der Waals surface area contributed by atoms with Gasteiger partial charge < -0.3 is 10.4 Å². The molecule has 0 saturated carbocycles. The molecule has 1 amide bonds. The van der Waals surface area contributed by atoms with E-state index >= 15 is 0 Å². The quantitative estimate of drug-likeness (QED) is 0.729. The Bertz CT molecular complexity index is 281. The molecule has 5 nitrogen and oxygen atoms in total. The Balaban J connectivity index is 2.25. The standard InChI is InChI=1S/C14H29N3O2/c1-5-12(2)15-13(18)10-16-6-8-17(9-7-16)11-14(3,4)19/h12,19H,5-11H2,1-4H3,(H,15,18). The normalized spacial score (nSPS) is 20.3. The van der Waals surface area contributed by atoms with E-state index < -0.39 is 5.60 Å². The molecule has 1 heterocycles. The number of piperazine rings is 1. The van der Waals surface area contributed by atoms with Crippen molar-refractivity contribution in [3.05, 3.63) is 0 Å². The van der Waals surface area contributed by atoms with Crippen molar-refractivity contribution in [2.75, 3.05) is 39.3 Å². The van der Waals surface area contributed by atoms with Crippen LogP contribution < -0.4 is 5.32 Å². The topological polar surface area (TPSA) is 55.8 Å². The highest BCUT2D eigenvalue weighted by atomic mass is 16.3. The van der Waals surface area contributed by atoms with Gasteiger partial charge in [-0.15, -0.1) is 0 Å². The van der Waals surface area contributed by atoms with Gasteiger partial charge in [0.1, 0.15) is 0 Å². The molecule has 1 rings (SSSR count). The smallest absolute Gasteiger partial charge is 0.234 e. The van der Waals surface area contributed by atoms with Crippen LogP contribution in [0.25, 0.3) is 0 Å². The maximum absolute atomic E-state index is 11.8. The summed E-state index contributed by atoms with van der Waals surface area (Å²) in [4.78, 5) is 16.2. The highest BCUT2D eigenvalue weighted by Crippen LogP contribution is 2.08. The minimum atomic E-state index is -0.643. The van der Waals surface area contributed by atoms with Crippen LogP contribution >= 0.6 is 0 Å². The van der Waals surface area contributed by atoms with Gasteiger partial charge in [-0.1, -0.05) is 6.92 Å². The summed E-state index contributed by atoms with van der Waals surface area (Å²) in [6.45, 7) is 12.6. The van der Waals surface area contributed by atoms with E-state index in [4.69, 9.17) is 0 Å². The van der Waals surface area contributed by atoms with Crippen molar-refractivity contribution >= 4 is 5.91 Å². The molecule has 0 aromatic carbocycles. The minimum Gasteiger partial charge on any atom is -0.389 e. The van der Waals surface area contributed by atoms with Crippen LogP contribution in [0.3, 0.4) is 0 Å². The van der Waals surface area contributed by atoms with Gasteiger partial charge >= 0.3 is 0 Å². The highest BCUT2D eigenvalue weighted by molar-refractivity contribution is 5.78. The van der Waals surface area contributed by atoms with Crippen molar-refractivity contribution in [2.24, 2.45) is 0 Å². The van der Waals surface area contributed by atoms with E-state index in [1.165, 1.54) is 0 Å². The molecule has 0 aromatic rings. The van der Waals surface area contributed by atoms with E-state index in [2.05, 4.69) is 22.0 Å². The lowest BCUT2D eigenvalue weighted by molar-refractivity contribution is -0.123. The summed E-state index contributed by atoms with van der Waals surface area (Å²) in [5.41, 5.74) is -0.643. The number of carbonyl (C=O) groups excluding carboxylic acids is 1. The molecule has 0 spiro atoms. The molecular formula is C14H29N3O2. The van der Waals surface area contributed by atoms with Crippen LogP contribution in [0.15, 0.2) is 0 Å². The lowest BCUT2D eigenvalue weighted by atomic mass is 10.1. The number of β-amino-alcohol motifs (C(OH)–C–C–N with tert-alkyl or cyclic N) is 1. The van der Waals surface area contributed by atoms with E-state index in [9.17, 15) is 9.90 Å². The van der Waals surface area contributed by atoms with E-state index in [0.29, 0.717) is 13.1 Å². The fourth-order valence-corrected chi connectivity index (χ4v) is 2.28. The zero-order valence-electron chi connectivity index (χ0n) is 12.8. The SMILES string of the molecule is CCC(C)NC(=O)CN1CCN(CC(C)(C)O)CC1. The van der Waals surface area contributed by atoms with Crippen LogP contribution in [0.5, 0.6) is 0 Å². The second-order valence-corrected chi connectivity index (χ2v) is 6.24. The Hall–Kier alpha value is -0.650. The molecule has 1 saturated heterocycles. The van der Waals surface area contributed by atoms with Gasteiger partial charge in [-0.05, 0) is 27.2 Å². The molecule has 1 aliphatic heterocycles. The zero-order valence-corrected chi connectivity index (χ0v) is 12.8. The summed E-state index contributed by atoms with van der Waals surface area (Å²) in [6.07, 6.45) is 0.963. The van der Waals surface area contributed by atoms with Gasteiger partial charge in [0, 0.05) is 38.8 Å². The number of carbonyl (C=O) groups is 1. The molecule has 0 bridgehead atoms. The van der Waals surface area contributed by atoms with Crippen LogP contribution in [0.1, 0.15) is 34.1 Å². The van der Waals surface area contributed by atoms with Crippen molar-refractivity contribution in [2.45, 2.75) is 45.8 Å². The lowest BCUT2D eigenvalue weighted by Crippen LogP contribution is -2.52. The van der Waals surface area contributed by atoms with E-state index in [-0.39, 0.29) is 11.9 Å². The van der Waals surface area contributed by atoms with Crippen molar-refractivity contribution in [3.8, 4) is 0 Å². The van der Waals surface area contributed by atoms with Crippen LogP contribution in [-0.2, 0) is 4.79 Å². The van der Waals surface area contributed by atoms with Gasteiger partial charge in [0.05, 0.1) is 12.1 Å². The molecule has 0 aliphatic carbocycles. The largest absolute Gasteiger partial charge is 0.389 e. The molecule has 0 radical (unpaired) electrons. The molecular weight excluding hydrogens is 242 g/mol. The first-order valence-electron chi connectivity index (χ1n) is 7.26. The van der Waals surface area contributed by atoms with E-state index in [1.807, 2.05) is 20.8 Å². The average Bonchev–Trinajstić information content (AvgIpc) is 2.29. The van der Waals surface area contributed by atoms with Crippen molar-refractivity contribution in [1.82, 2.24) is 15.1 Å². The number of nitrogens with one attached hydrogen (secondary N) is 1. The van der Waals surface area contributed by atoms with Gasteiger partial charge in [0.25, 0.3) is 0 Å². The summed E-state index contributed by atoms with van der Waals surface area (Å²) in [6, 6.07) is 0.254. The molecule has 19 heavy (non-hydrogen) atoms. The van der Waals surface area contributed by atoms with Gasteiger partial charge in [0.15, 0.2) is 0 Å². The molecule has 0 aromatic heterocycles. The number of hydrogen-bond donors (Lipinski definition) is 2. The van der Waals surface area contributed by atoms with Crippen LogP contribution in [0.2, 0.25) is 0 Å². The Morgan fingerprint density at radius 1 is 1.26 bits per heavy atom. The second-order valence-electron chi connectivity index (χ2n) is 6.24. The minimum absolute atomic E-state index is 0.116. The van der Waals surface area contributed by atoms with E-state index in [0.717, 1.165) is 32.6 Å². The fourth-order valence-electron chi connectivity index (χ4n) is 2.28. The van der Waals surface area contributed by atoms with Crippen molar-refractivity contribution < 1.29 is 9.90 Å². The van der Waals surface area contributed by atoms with Crippen molar-refractivity contribution in [1.29, 1.82) is 0 Å². The molecule has 1 unspecified atom stereocenters. The zero-order chi connectivity index (χ0) is 14.5.